The second kappa shape index (κ2) is 16.8. The van der Waals surface area contributed by atoms with E-state index in [-0.39, 0.29) is 18.2 Å². The highest BCUT2D eigenvalue weighted by molar-refractivity contribution is 7.81. The number of ether oxygens (including phenoxy) is 2. The number of aryl methyl sites for hydroxylation is 1. The van der Waals surface area contributed by atoms with Gasteiger partial charge in [-0.25, -0.2) is 0 Å². The average Bonchev–Trinajstić information content (AvgIpc) is 3.60. The van der Waals surface area contributed by atoms with Gasteiger partial charge in [-0.15, -0.1) is 0 Å². The molecule has 0 spiro atoms. The predicted octanol–water partition coefficient (Wildman–Crippen LogP) is 7.46. The van der Waals surface area contributed by atoms with Crippen molar-refractivity contribution >= 4 is 18.5 Å². The molecule has 0 bridgehead atoms. The quantitative estimate of drug-likeness (QED) is 0.189. The van der Waals surface area contributed by atoms with Crippen LogP contribution in [0.2, 0.25) is 0 Å². The lowest BCUT2D eigenvalue weighted by atomic mass is 9.77. The Morgan fingerprint density at radius 2 is 1.67 bits per heavy atom. The zero-order valence-electron chi connectivity index (χ0n) is 28.6. The van der Waals surface area contributed by atoms with Crippen molar-refractivity contribution in [2.45, 2.75) is 101 Å². The van der Waals surface area contributed by atoms with Gasteiger partial charge in [-0.3, -0.25) is 4.79 Å². The number of thiol groups is 1. The normalized spacial score (nSPS) is 25.3. The number of benzene rings is 2. The summed E-state index contributed by atoms with van der Waals surface area (Å²) < 4.78 is 42.8. The van der Waals surface area contributed by atoms with E-state index >= 15 is 8.78 Å². The molecule has 3 aliphatic carbocycles. The molecule has 4 unspecified atom stereocenters. The molecule has 2 fully saturated rings. The first-order valence-corrected chi connectivity index (χ1v) is 18.2. The summed E-state index contributed by atoms with van der Waals surface area (Å²) >= 11 is 4.54. The number of likely N-dealkylation sites (N-methyl/N-ethyl adjacent to an activating group) is 1. The number of fused-ring (bicyclic) bond motifs is 1. The number of carbonyl (C=O) groups is 1. The average molecular weight is 682 g/mol. The fourth-order valence-corrected chi connectivity index (χ4v) is 7.66. The van der Waals surface area contributed by atoms with Crippen LogP contribution in [0.5, 0.6) is 5.75 Å². The van der Waals surface area contributed by atoms with Gasteiger partial charge in [-0.2, -0.15) is 21.4 Å². The highest BCUT2D eigenvalue weighted by Gasteiger charge is 2.47. The molecule has 1 aliphatic heterocycles. The standard InChI is InChI=1S/C24H31F2N3O2.C15H22OS/c1-4-28-22(23(30)29-13-11-19(27)12-14-29)24(25,26)18-9-10-20(21(15-18)31-3)17-7-5-16(2)6-8-17;17-15-8-6-11-9-14(7-5-12(11)10-15)16-13-3-1-2-4-13/h5-10,15,19,22,28H,4,11-14,27H2,1-3H3;5-8,11-15,17H,1-4,9-10H2/t22-;/m1./s1. The van der Waals surface area contributed by atoms with Gasteiger partial charge in [0.05, 0.1) is 19.3 Å². The Labute approximate surface area is 290 Å². The highest BCUT2D eigenvalue weighted by Crippen LogP contribution is 2.40. The minimum atomic E-state index is -3.41. The van der Waals surface area contributed by atoms with Crippen molar-refractivity contribution in [3.63, 3.8) is 0 Å². The molecule has 1 heterocycles. The zero-order chi connectivity index (χ0) is 34.3. The van der Waals surface area contributed by atoms with Gasteiger partial charge in [0.2, 0.25) is 5.91 Å². The Morgan fingerprint density at radius 3 is 2.33 bits per heavy atom. The van der Waals surface area contributed by atoms with Crippen LogP contribution in [0.15, 0.2) is 66.8 Å². The number of nitrogens with one attached hydrogen (secondary N) is 1. The van der Waals surface area contributed by atoms with E-state index in [1.807, 2.05) is 31.2 Å². The Bertz CT molecular complexity index is 1400. The van der Waals surface area contributed by atoms with Crippen LogP contribution in [0, 0.1) is 18.8 Å². The number of likely N-dealkylation sites (tertiary alicyclic amines) is 1. The lowest BCUT2D eigenvalue weighted by Crippen LogP contribution is -2.56. The van der Waals surface area contributed by atoms with Crippen molar-refractivity contribution in [1.29, 1.82) is 0 Å². The summed E-state index contributed by atoms with van der Waals surface area (Å²) in [6.07, 6.45) is 19.1. The number of hydrogen-bond acceptors (Lipinski definition) is 6. The van der Waals surface area contributed by atoms with E-state index in [9.17, 15) is 4.79 Å². The number of amides is 1. The first kappa shape index (κ1) is 36.6. The third kappa shape index (κ3) is 9.09. The van der Waals surface area contributed by atoms with Crippen molar-refractivity contribution in [3.8, 4) is 16.9 Å². The van der Waals surface area contributed by atoms with Crippen molar-refractivity contribution in [3.05, 3.63) is 77.9 Å². The third-order valence-electron chi connectivity index (χ3n) is 10.2. The number of hydrogen-bond donors (Lipinski definition) is 3. The van der Waals surface area contributed by atoms with Gasteiger partial charge in [-0.05, 0) is 75.5 Å². The van der Waals surface area contributed by atoms with Crippen molar-refractivity contribution in [2.24, 2.45) is 17.6 Å². The molecule has 262 valence electrons. The molecule has 0 aromatic heterocycles. The van der Waals surface area contributed by atoms with E-state index in [2.05, 4.69) is 42.2 Å². The van der Waals surface area contributed by atoms with E-state index in [0.717, 1.165) is 16.7 Å². The molecule has 1 amide bonds. The van der Waals surface area contributed by atoms with E-state index in [4.69, 9.17) is 15.2 Å². The van der Waals surface area contributed by atoms with Gasteiger partial charge in [-0.1, -0.05) is 86.0 Å². The molecule has 6 rings (SSSR count). The van der Waals surface area contributed by atoms with Crippen LogP contribution in [0.3, 0.4) is 0 Å². The molecule has 0 radical (unpaired) electrons. The van der Waals surface area contributed by atoms with Gasteiger partial charge in [0, 0.05) is 35.5 Å². The summed E-state index contributed by atoms with van der Waals surface area (Å²) in [6.45, 7) is 4.74. The highest BCUT2D eigenvalue weighted by atomic mass is 32.1. The first-order valence-electron chi connectivity index (χ1n) is 17.7. The van der Waals surface area contributed by atoms with E-state index in [1.54, 1.807) is 13.0 Å². The largest absolute Gasteiger partial charge is 0.496 e. The van der Waals surface area contributed by atoms with Gasteiger partial charge in [0.15, 0.2) is 6.04 Å². The minimum Gasteiger partial charge on any atom is -0.496 e. The number of methoxy groups -OCH3 is 1. The predicted molar refractivity (Wildman–Crippen MR) is 193 cm³/mol. The molecular weight excluding hydrogens is 629 g/mol. The van der Waals surface area contributed by atoms with Crippen LogP contribution in [0.4, 0.5) is 8.78 Å². The van der Waals surface area contributed by atoms with Crippen molar-refractivity contribution < 1.29 is 23.0 Å². The number of carbonyl (C=O) groups excluding carboxylic acids is 1. The molecule has 2 aromatic carbocycles. The van der Waals surface area contributed by atoms with Crippen LogP contribution < -0.4 is 15.8 Å². The topological polar surface area (TPSA) is 76.8 Å². The molecule has 48 heavy (non-hydrogen) atoms. The number of piperidine rings is 1. The molecule has 5 atom stereocenters. The van der Waals surface area contributed by atoms with Gasteiger partial charge >= 0.3 is 0 Å². The van der Waals surface area contributed by atoms with Crippen LogP contribution >= 0.6 is 12.6 Å². The van der Waals surface area contributed by atoms with Crippen LogP contribution in [0.1, 0.15) is 69.4 Å². The Hall–Kier alpha value is -2.72. The van der Waals surface area contributed by atoms with Crippen LogP contribution in [0.25, 0.3) is 11.1 Å². The summed E-state index contributed by atoms with van der Waals surface area (Å²) in [7, 11) is 1.46. The Kier molecular flexibility index (Phi) is 12.8. The molecule has 1 saturated heterocycles. The van der Waals surface area contributed by atoms with E-state index < -0.39 is 17.9 Å². The fourth-order valence-electron chi connectivity index (χ4n) is 7.32. The zero-order valence-corrected chi connectivity index (χ0v) is 29.5. The maximum atomic E-state index is 15.6. The van der Waals surface area contributed by atoms with Gasteiger partial charge < -0.3 is 25.4 Å². The Balaban J connectivity index is 0.000000221. The first-order chi connectivity index (χ1) is 23.1. The van der Waals surface area contributed by atoms with E-state index in [0.29, 0.717) is 61.0 Å². The minimum absolute atomic E-state index is 0.0146. The smallest absolute Gasteiger partial charge is 0.297 e. The van der Waals surface area contributed by atoms with Gasteiger partial charge in [0.25, 0.3) is 5.92 Å². The number of alkyl halides is 2. The number of nitrogens with two attached hydrogens (primary N) is 1. The summed E-state index contributed by atoms with van der Waals surface area (Å²) in [5.41, 5.74) is 8.34. The maximum absolute atomic E-state index is 15.6. The molecular formula is C39H53F2N3O3S. The molecule has 4 aliphatic rings. The molecule has 6 nitrogen and oxygen atoms in total. The fraction of sp³-hybridized carbons (Fsp3) is 0.564. The molecule has 1 saturated carbocycles. The SMILES string of the molecule is CCN[C@H](C(=O)N1CCC(N)CC1)C(F)(F)c1ccc(-c2ccc(C)cc2)c(OC)c1.SC1C=CC2CC(OC3CCCC3)C=CC2C1. The monoisotopic (exact) mass is 681 g/mol. The second-order valence-corrected chi connectivity index (χ2v) is 14.4. The summed E-state index contributed by atoms with van der Waals surface area (Å²) in [6, 6.07) is 10.5. The number of nitrogens with zero attached hydrogens (tertiary/aromatic N) is 1. The molecule has 3 N–H and O–H groups in total. The lowest BCUT2D eigenvalue weighted by molar-refractivity contribution is -0.146. The molecule has 9 heteroatoms. The second-order valence-electron chi connectivity index (χ2n) is 13.8. The summed E-state index contributed by atoms with van der Waals surface area (Å²) in [5, 5.41) is 3.16. The molecule has 2 aromatic rings. The third-order valence-corrected chi connectivity index (χ3v) is 10.6. The maximum Gasteiger partial charge on any atom is 0.297 e. The van der Waals surface area contributed by atoms with Crippen molar-refractivity contribution in [2.75, 3.05) is 26.7 Å². The van der Waals surface area contributed by atoms with Gasteiger partial charge in [0.1, 0.15) is 5.75 Å². The van der Waals surface area contributed by atoms with Crippen LogP contribution in [-0.4, -0.2) is 67.1 Å². The van der Waals surface area contributed by atoms with Crippen LogP contribution in [-0.2, 0) is 15.5 Å². The summed E-state index contributed by atoms with van der Waals surface area (Å²) in [5.74, 6) is -2.28. The number of rotatable bonds is 9. The lowest BCUT2D eigenvalue weighted by Gasteiger charge is -2.35. The van der Waals surface area contributed by atoms with E-state index in [1.165, 1.54) is 62.7 Å². The Morgan fingerprint density at radius 1 is 1.00 bits per heavy atom. The number of allylic oxidation sites excluding steroid dienone is 2. The summed E-state index contributed by atoms with van der Waals surface area (Å²) in [4.78, 5) is 14.5. The van der Waals surface area contributed by atoms with Crippen molar-refractivity contribution in [1.82, 2.24) is 10.2 Å². The number of halogens is 2.